The first-order chi connectivity index (χ1) is 11.3. The van der Waals surface area contributed by atoms with Crippen LogP contribution < -0.4 is 9.47 Å². The minimum absolute atomic E-state index is 0. The fourth-order valence-electron chi connectivity index (χ4n) is 3.00. The molecule has 0 aliphatic carbocycles. The van der Waals surface area contributed by atoms with Gasteiger partial charge in [-0.15, -0.1) is 19.0 Å². The van der Waals surface area contributed by atoms with Gasteiger partial charge in [-0.3, -0.25) is 0 Å². The molecule has 0 saturated carbocycles. The average Bonchev–Trinajstić information content (AvgIpc) is 2.99. The molecule has 134 valence electrons. The highest BCUT2D eigenvalue weighted by Crippen LogP contribution is 2.32. The molecule has 24 heavy (non-hydrogen) atoms. The Morgan fingerprint density at radius 3 is 2.38 bits per heavy atom. The minimum Gasteiger partial charge on any atom is -0.497 e. The zero-order chi connectivity index (χ0) is 16.5. The number of rotatable bonds is 11. The summed E-state index contributed by atoms with van der Waals surface area (Å²) in [4.78, 5) is 0. The Bertz CT molecular complexity index is 621. The molecule has 4 heteroatoms. The second-order valence-corrected chi connectivity index (χ2v) is 5.97. The van der Waals surface area contributed by atoms with Gasteiger partial charge in [0.15, 0.2) is 0 Å². The summed E-state index contributed by atoms with van der Waals surface area (Å²) in [5, 5.41) is 1.15. The number of hydrogen-bond donors (Lipinski definition) is 0. The number of nitrogens with zero attached hydrogens (tertiary/aromatic N) is 1. The van der Waals surface area contributed by atoms with Gasteiger partial charge in [-0.25, -0.2) is 0 Å². The van der Waals surface area contributed by atoms with Gasteiger partial charge in [0.25, 0.3) is 0 Å². The zero-order valence-corrected chi connectivity index (χ0v) is 15.7. The van der Waals surface area contributed by atoms with Crippen LogP contribution in [0.1, 0.15) is 44.9 Å². The first-order valence-electron chi connectivity index (χ1n) is 8.62. The molecule has 2 aromatic rings. The predicted octanol–water partition coefficient (Wildman–Crippen LogP) is 6.00. The van der Waals surface area contributed by atoms with Gasteiger partial charge >= 0.3 is 0 Å². The highest BCUT2D eigenvalue weighted by atomic mass is 35.5. The summed E-state index contributed by atoms with van der Waals surface area (Å²) in [6, 6.07) is 6.16. The number of fused-ring (bicyclic) bond motifs is 1. The Kier molecular flexibility index (Phi) is 9.39. The lowest BCUT2D eigenvalue weighted by molar-refractivity contribution is 0.397. The number of unbranched alkanes of at least 4 members (excludes halogenated alkanes) is 6. The molecule has 0 amide bonds. The van der Waals surface area contributed by atoms with Gasteiger partial charge in [-0.1, -0.05) is 31.8 Å². The molecule has 0 aliphatic heterocycles. The van der Waals surface area contributed by atoms with Crippen LogP contribution in [0.25, 0.3) is 10.9 Å². The van der Waals surface area contributed by atoms with Gasteiger partial charge in [0.1, 0.15) is 11.5 Å². The smallest absolute Gasteiger partial charge is 0.131 e. The van der Waals surface area contributed by atoms with Crippen LogP contribution >= 0.6 is 12.4 Å². The van der Waals surface area contributed by atoms with Crippen LogP contribution in [0.5, 0.6) is 11.5 Å². The van der Waals surface area contributed by atoms with Gasteiger partial charge in [-0.05, 0) is 25.3 Å². The minimum atomic E-state index is 0. The molecule has 0 saturated heterocycles. The molecule has 1 heterocycles. The van der Waals surface area contributed by atoms with Crippen molar-refractivity contribution in [1.29, 1.82) is 0 Å². The number of aryl methyl sites for hydroxylation is 1. The van der Waals surface area contributed by atoms with E-state index in [4.69, 9.17) is 9.47 Å². The standard InChI is InChI=1S/C20H29NO2.ClH/c1-4-5-6-7-8-9-10-11-13-21-14-12-18-19(21)15-17(22-2)16-20(18)23-3;/h4,12,14-16H,1,5-11,13H2,2-3H3;1H. The summed E-state index contributed by atoms with van der Waals surface area (Å²) >= 11 is 0. The van der Waals surface area contributed by atoms with Crippen molar-refractivity contribution < 1.29 is 9.47 Å². The van der Waals surface area contributed by atoms with Crippen LogP contribution in [0.3, 0.4) is 0 Å². The van der Waals surface area contributed by atoms with Crippen LogP contribution in [0.2, 0.25) is 0 Å². The molecule has 2 rings (SSSR count). The van der Waals surface area contributed by atoms with Crippen LogP contribution in [0.4, 0.5) is 0 Å². The van der Waals surface area contributed by atoms with Crippen LogP contribution in [0.15, 0.2) is 37.1 Å². The molecular weight excluding hydrogens is 322 g/mol. The van der Waals surface area contributed by atoms with Crippen LogP contribution in [0, 0.1) is 0 Å². The number of aromatic nitrogens is 1. The van der Waals surface area contributed by atoms with Crippen LogP contribution in [-0.4, -0.2) is 18.8 Å². The van der Waals surface area contributed by atoms with E-state index < -0.39 is 0 Å². The van der Waals surface area contributed by atoms with Crippen molar-refractivity contribution in [2.45, 2.75) is 51.5 Å². The first kappa shape index (κ1) is 20.4. The Labute approximate surface area is 152 Å². The maximum atomic E-state index is 5.47. The molecule has 0 bridgehead atoms. The number of hydrogen-bond acceptors (Lipinski definition) is 2. The quantitative estimate of drug-likeness (QED) is 0.366. The van der Waals surface area contributed by atoms with E-state index in [1.807, 2.05) is 12.1 Å². The molecule has 0 unspecified atom stereocenters. The van der Waals surface area contributed by atoms with E-state index in [-0.39, 0.29) is 12.4 Å². The lowest BCUT2D eigenvalue weighted by Gasteiger charge is -2.09. The van der Waals surface area contributed by atoms with Gasteiger partial charge in [0.2, 0.25) is 0 Å². The number of benzene rings is 1. The second-order valence-electron chi connectivity index (χ2n) is 5.97. The molecule has 0 fully saturated rings. The Balaban J connectivity index is 0.00000288. The maximum absolute atomic E-state index is 5.47. The van der Waals surface area contributed by atoms with E-state index in [1.54, 1.807) is 14.2 Å². The summed E-state index contributed by atoms with van der Waals surface area (Å²) in [6.07, 6.45) is 13.1. The average molecular weight is 352 g/mol. The van der Waals surface area contributed by atoms with E-state index in [2.05, 4.69) is 29.5 Å². The van der Waals surface area contributed by atoms with Crippen molar-refractivity contribution in [1.82, 2.24) is 4.57 Å². The second kappa shape index (κ2) is 11.0. The number of halogens is 1. The number of ether oxygens (including phenoxy) is 2. The summed E-state index contributed by atoms with van der Waals surface area (Å²) in [7, 11) is 3.40. The van der Waals surface area contributed by atoms with E-state index in [9.17, 15) is 0 Å². The molecule has 0 spiro atoms. The molecule has 0 N–H and O–H groups in total. The topological polar surface area (TPSA) is 23.4 Å². The molecule has 1 aromatic carbocycles. The third-order valence-electron chi connectivity index (χ3n) is 4.34. The molecule has 0 aliphatic rings. The van der Waals surface area contributed by atoms with E-state index >= 15 is 0 Å². The predicted molar refractivity (Wildman–Crippen MR) is 105 cm³/mol. The summed E-state index contributed by atoms with van der Waals surface area (Å²) < 4.78 is 13.2. The number of methoxy groups -OCH3 is 2. The van der Waals surface area contributed by atoms with Crippen molar-refractivity contribution in [2.24, 2.45) is 0 Å². The highest BCUT2D eigenvalue weighted by molar-refractivity contribution is 5.88. The largest absolute Gasteiger partial charge is 0.497 e. The molecule has 1 aromatic heterocycles. The van der Waals surface area contributed by atoms with Crippen LogP contribution in [-0.2, 0) is 6.54 Å². The molecule has 0 atom stereocenters. The highest BCUT2D eigenvalue weighted by Gasteiger charge is 2.09. The van der Waals surface area contributed by atoms with Gasteiger partial charge in [-0.2, -0.15) is 0 Å². The van der Waals surface area contributed by atoms with Gasteiger partial charge in [0, 0.05) is 30.3 Å². The summed E-state index contributed by atoms with van der Waals surface area (Å²) in [6.45, 7) is 4.81. The Hall–Kier alpha value is -1.61. The Morgan fingerprint density at radius 1 is 1.00 bits per heavy atom. The van der Waals surface area contributed by atoms with Crippen molar-refractivity contribution in [3.63, 3.8) is 0 Å². The Morgan fingerprint density at radius 2 is 1.71 bits per heavy atom. The van der Waals surface area contributed by atoms with Crippen molar-refractivity contribution >= 4 is 23.3 Å². The third-order valence-corrected chi connectivity index (χ3v) is 4.34. The molecule has 3 nitrogen and oxygen atoms in total. The van der Waals surface area contributed by atoms with Crippen molar-refractivity contribution in [2.75, 3.05) is 14.2 Å². The molecular formula is C20H30ClNO2. The maximum Gasteiger partial charge on any atom is 0.131 e. The van der Waals surface area contributed by atoms with E-state index in [0.717, 1.165) is 29.9 Å². The molecule has 0 radical (unpaired) electrons. The monoisotopic (exact) mass is 351 g/mol. The van der Waals surface area contributed by atoms with Crippen molar-refractivity contribution in [3.05, 3.63) is 37.1 Å². The lowest BCUT2D eigenvalue weighted by Crippen LogP contribution is -1.97. The normalized spacial score (nSPS) is 10.4. The van der Waals surface area contributed by atoms with Gasteiger partial charge in [0.05, 0.1) is 19.7 Å². The van der Waals surface area contributed by atoms with Gasteiger partial charge < -0.3 is 14.0 Å². The van der Waals surface area contributed by atoms with E-state index in [1.165, 1.54) is 44.0 Å². The summed E-state index contributed by atoms with van der Waals surface area (Å²) in [5.41, 5.74) is 1.19. The third kappa shape index (κ3) is 5.48. The number of allylic oxidation sites excluding steroid dienone is 1. The van der Waals surface area contributed by atoms with Crippen molar-refractivity contribution in [3.8, 4) is 11.5 Å². The van der Waals surface area contributed by atoms with E-state index in [0.29, 0.717) is 0 Å². The SMILES string of the molecule is C=CCCCCCCCCn1ccc2c(OC)cc(OC)cc21.Cl. The fourth-order valence-corrected chi connectivity index (χ4v) is 3.00. The lowest BCUT2D eigenvalue weighted by atomic mass is 10.1. The first-order valence-corrected chi connectivity index (χ1v) is 8.62. The fraction of sp³-hybridized carbons (Fsp3) is 0.500. The summed E-state index contributed by atoms with van der Waals surface area (Å²) in [5.74, 6) is 1.72. The zero-order valence-electron chi connectivity index (χ0n) is 14.9.